The molecule has 0 aliphatic rings. The molecule has 4 aromatic rings. The fourth-order valence-corrected chi connectivity index (χ4v) is 4.28. The van der Waals surface area contributed by atoms with Crippen molar-refractivity contribution in [3.05, 3.63) is 77.4 Å². The number of aryl methyl sites for hydroxylation is 2. The highest BCUT2D eigenvalue weighted by Gasteiger charge is 2.28. The lowest BCUT2D eigenvalue weighted by Gasteiger charge is -2.19. The highest BCUT2D eigenvalue weighted by atomic mass is 19.4. The molecule has 0 aliphatic heterocycles. The van der Waals surface area contributed by atoms with Gasteiger partial charge in [0.25, 0.3) is 0 Å². The molecule has 0 saturated carbocycles. The van der Waals surface area contributed by atoms with Gasteiger partial charge in [0.2, 0.25) is 0 Å². The van der Waals surface area contributed by atoms with Gasteiger partial charge in [0.15, 0.2) is 0 Å². The Morgan fingerprint density at radius 1 is 1.05 bits per heavy atom. The van der Waals surface area contributed by atoms with Crippen LogP contribution in [-0.2, 0) is 11.3 Å². The van der Waals surface area contributed by atoms with E-state index >= 15 is 0 Å². The molecule has 0 fully saturated rings. The van der Waals surface area contributed by atoms with Crippen molar-refractivity contribution in [3.8, 4) is 16.9 Å². The van der Waals surface area contributed by atoms with Gasteiger partial charge in [0.05, 0.1) is 24.9 Å². The zero-order valence-electron chi connectivity index (χ0n) is 22.9. The molecule has 0 atom stereocenters. The Kier molecular flexibility index (Phi) is 8.92. The van der Waals surface area contributed by atoms with Crippen LogP contribution in [0, 0.1) is 19.7 Å². The molecule has 12 heteroatoms. The number of ether oxygens (including phenoxy) is 2. The molecular weight excluding hydrogens is 542 g/mol. The van der Waals surface area contributed by atoms with Gasteiger partial charge in [-0.1, -0.05) is 12.1 Å². The molecule has 0 unspecified atom stereocenters. The molecule has 0 spiro atoms. The Morgan fingerprint density at radius 2 is 1.78 bits per heavy atom. The number of hydrogen-bond donors (Lipinski definition) is 2. The first-order valence-electron chi connectivity index (χ1n) is 12.6. The first-order valence-corrected chi connectivity index (χ1v) is 12.6. The number of alkyl halides is 3. The van der Waals surface area contributed by atoms with E-state index in [-0.39, 0.29) is 5.69 Å². The van der Waals surface area contributed by atoms with Gasteiger partial charge >= 0.3 is 12.4 Å². The summed E-state index contributed by atoms with van der Waals surface area (Å²) >= 11 is 0. The van der Waals surface area contributed by atoms with Crippen LogP contribution in [-0.4, -0.2) is 49.7 Å². The molecule has 216 valence electrons. The summed E-state index contributed by atoms with van der Waals surface area (Å²) in [4.78, 5) is 23.5. The Morgan fingerprint density at radius 3 is 2.46 bits per heavy atom. The molecule has 0 radical (unpaired) electrons. The maximum absolute atomic E-state index is 14.7. The highest BCUT2D eigenvalue weighted by Crippen LogP contribution is 2.33. The molecular formula is C29H29F4N5O3. The molecule has 0 saturated heterocycles. The maximum Gasteiger partial charge on any atom is 0.522 e. The van der Waals surface area contributed by atoms with E-state index in [0.29, 0.717) is 23.4 Å². The van der Waals surface area contributed by atoms with Crippen LogP contribution >= 0.6 is 0 Å². The van der Waals surface area contributed by atoms with Crippen LogP contribution < -0.4 is 20.3 Å². The first kappa shape index (κ1) is 29.5. The quantitative estimate of drug-likeness (QED) is 0.180. The highest BCUT2D eigenvalue weighted by molar-refractivity contribution is 5.92. The number of benzene rings is 2. The van der Waals surface area contributed by atoms with Crippen molar-refractivity contribution in [3.63, 3.8) is 0 Å². The largest absolute Gasteiger partial charge is 0.522 e. The molecule has 0 bridgehead atoms. The summed E-state index contributed by atoms with van der Waals surface area (Å²) in [6, 6.07) is 13.5. The van der Waals surface area contributed by atoms with Crippen molar-refractivity contribution < 1.29 is 31.8 Å². The van der Waals surface area contributed by atoms with E-state index in [1.807, 2.05) is 55.3 Å². The molecule has 2 amide bonds. The van der Waals surface area contributed by atoms with E-state index in [9.17, 15) is 22.4 Å². The lowest BCUT2D eigenvalue weighted by Crippen LogP contribution is -2.33. The molecule has 4 rings (SSSR count). The van der Waals surface area contributed by atoms with Crippen LogP contribution in [0.15, 0.2) is 54.7 Å². The summed E-state index contributed by atoms with van der Waals surface area (Å²) in [5.41, 5.74) is 4.34. The smallest absolute Gasteiger partial charge is 0.497 e. The number of rotatable bonds is 9. The second-order valence-corrected chi connectivity index (χ2v) is 9.38. The minimum Gasteiger partial charge on any atom is -0.497 e. The number of pyridine rings is 2. The summed E-state index contributed by atoms with van der Waals surface area (Å²) in [7, 11) is 3.56. The van der Waals surface area contributed by atoms with Crippen molar-refractivity contribution in [1.29, 1.82) is 0 Å². The van der Waals surface area contributed by atoms with Gasteiger partial charge in [-0.15, -0.1) is 13.2 Å². The topological polar surface area (TPSA) is 88.6 Å². The normalized spacial score (nSPS) is 11.4. The zero-order chi connectivity index (χ0) is 29.7. The van der Waals surface area contributed by atoms with Crippen LogP contribution in [0.2, 0.25) is 0 Å². The van der Waals surface area contributed by atoms with Crippen LogP contribution in [0.4, 0.5) is 33.9 Å². The number of fused-ring (bicyclic) bond motifs is 1. The first-order chi connectivity index (χ1) is 19.4. The zero-order valence-corrected chi connectivity index (χ0v) is 22.9. The number of urea groups is 1. The minimum atomic E-state index is -4.80. The van der Waals surface area contributed by atoms with E-state index in [4.69, 9.17) is 9.72 Å². The molecule has 8 nitrogen and oxygen atoms in total. The Balaban J connectivity index is 1.53. The predicted molar refractivity (Wildman–Crippen MR) is 149 cm³/mol. The number of anilines is 2. The summed E-state index contributed by atoms with van der Waals surface area (Å²) < 4.78 is 59.8. The number of hydrogen-bond acceptors (Lipinski definition) is 6. The van der Waals surface area contributed by atoms with Crippen LogP contribution in [0.5, 0.6) is 5.75 Å². The Labute approximate surface area is 234 Å². The van der Waals surface area contributed by atoms with Gasteiger partial charge < -0.3 is 20.3 Å². The monoisotopic (exact) mass is 571 g/mol. The fraction of sp³-hybridized carbons (Fsp3) is 0.276. The van der Waals surface area contributed by atoms with E-state index in [0.717, 1.165) is 33.6 Å². The van der Waals surface area contributed by atoms with Gasteiger partial charge in [-0.2, -0.15) is 0 Å². The summed E-state index contributed by atoms with van der Waals surface area (Å²) in [5.74, 6) is 0.836. The van der Waals surface area contributed by atoms with Crippen molar-refractivity contribution in [2.75, 3.05) is 37.5 Å². The number of aromatic nitrogens is 2. The van der Waals surface area contributed by atoms with E-state index in [2.05, 4.69) is 20.4 Å². The van der Waals surface area contributed by atoms with Crippen LogP contribution in [0.1, 0.15) is 16.8 Å². The SMILES string of the molecule is COc1ccc(CN(C)c2cc3nc(C)c(-c4cc(NC(=O)NCCOC(F)(F)F)c(F)cc4C)cc3cn2)cc1. The van der Waals surface area contributed by atoms with Gasteiger partial charge in [-0.25, -0.2) is 14.2 Å². The second-order valence-electron chi connectivity index (χ2n) is 9.38. The lowest BCUT2D eigenvalue weighted by atomic mass is 9.97. The van der Waals surface area contributed by atoms with E-state index in [1.54, 1.807) is 20.2 Å². The van der Waals surface area contributed by atoms with Crippen molar-refractivity contribution in [2.24, 2.45) is 0 Å². The van der Waals surface area contributed by atoms with Crippen molar-refractivity contribution >= 4 is 28.4 Å². The molecule has 2 aromatic heterocycles. The third-order valence-corrected chi connectivity index (χ3v) is 6.35. The Bertz CT molecular complexity index is 1540. The van der Waals surface area contributed by atoms with Gasteiger partial charge in [0, 0.05) is 49.0 Å². The van der Waals surface area contributed by atoms with Gasteiger partial charge in [0.1, 0.15) is 17.4 Å². The predicted octanol–water partition coefficient (Wildman–Crippen LogP) is 6.36. The average molecular weight is 572 g/mol. The van der Waals surface area contributed by atoms with Crippen LogP contribution in [0.3, 0.4) is 0 Å². The summed E-state index contributed by atoms with van der Waals surface area (Å²) in [6.07, 6.45) is -3.08. The summed E-state index contributed by atoms with van der Waals surface area (Å²) in [5, 5.41) is 5.32. The van der Waals surface area contributed by atoms with Crippen molar-refractivity contribution in [2.45, 2.75) is 26.8 Å². The molecule has 0 aliphatic carbocycles. The Hall–Kier alpha value is -4.45. The third kappa shape index (κ3) is 7.60. The fourth-order valence-electron chi connectivity index (χ4n) is 4.28. The standard InChI is InChI=1S/C29H29F4N5O3/c1-17-11-24(30)26(37-28(39)34-9-10-41-29(31,32)33)13-22(17)23-12-20-15-35-27(14-25(20)36-18(23)2)38(3)16-19-5-7-21(40-4)8-6-19/h5-8,11-15H,9-10,16H2,1-4H3,(H2,34,37,39). The van der Waals surface area contributed by atoms with E-state index < -0.39 is 31.4 Å². The van der Waals surface area contributed by atoms with Gasteiger partial charge in [-0.3, -0.25) is 9.72 Å². The number of amides is 2. The number of nitrogens with zero attached hydrogens (tertiary/aromatic N) is 3. The summed E-state index contributed by atoms with van der Waals surface area (Å²) in [6.45, 7) is 3.01. The average Bonchev–Trinajstić information content (AvgIpc) is 2.92. The molecule has 2 N–H and O–H groups in total. The number of halogens is 4. The second kappa shape index (κ2) is 12.4. The molecule has 2 heterocycles. The third-order valence-electron chi connectivity index (χ3n) is 6.35. The van der Waals surface area contributed by atoms with Gasteiger partial charge in [-0.05, 0) is 60.9 Å². The minimum absolute atomic E-state index is 0.132. The molecule has 2 aromatic carbocycles. The number of nitrogens with one attached hydrogen (secondary N) is 2. The number of carbonyl (C=O) groups is 1. The lowest BCUT2D eigenvalue weighted by molar-refractivity contribution is -0.323. The van der Waals surface area contributed by atoms with Crippen molar-refractivity contribution in [1.82, 2.24) is 15.3 Å². The number of carbonyl (C=O) groups excluding carboxylic acids is 1. The molecule has 41 heavy (non-hydrogen) atoms. The van der Waals surface area contributed by atoms with E-state index in [1.165, 1.54) is 12.1 Å². The number of methoxy groups -OCH3 is 1. The maximum atomic E-state index is 14.7. The van der Waals surface area contributed by atoms with Crippen LogP contribution in [0.25, 0.3) is 22.0 Å².